The maximum absolute atomic E-state index is 13.0. The second-order valence-electron chi connectivity index (χ2n) is 6.61. The number of likely N-dealkylation sites (N-methyl/N-ethyl adjacent to an activating group) is 1. The highest BCUT2D eigenvalue weighted by atomic mass is 16.2. The Morgan fingerprint density at radius 3 is 2.91 bits per heavy atom. The summed E-state index contributed by atoms with van der Waals surface area (Å²) in [6.07, 6.45) is 3.93. The van der Waals surface area contributed by atoms with Crippen LogP contribution in [0.25, 0.3) is 11.0 Å². The number of carbonyl (C=O) groups is 1. The van der Waals surface area contributed by atoms with Crippen LogP contribution in [0.4, 0.5) is 0 Å². The van der Waals surface area contributed by atoms with Crippen molar-refractivity contribution in [1.29, 1.82) is 0 Å². The highest BCUT2D eigenvalue weighted by Crippen LogP contribution is 2.23. The summed E-state index contributed by atoms with van der Waals surface area (Å²) in [6.45, 7) is 7.65. The first-order valence-corrected chi connectivity index (χ1v) is 8.32. The molecule has 1 unspecified atom stereocenters. The summed E-state index contributed by atoms with van der Waals surface area (Å²) in [5.74, 6) is 0.0868. The van der Waals surface area contributed by atoms with E-state index in [-0.39, 0.29) is 11.9 Å². The van der Waals surface area contributed by atoms with Gasteiger partial charge in [0.2, 0.25) is 0 Å². The smallest absolute Gasteiger partial charge is 0.254 e. The van der Waals surface area contributed by atoms with E-state index in [0.717, 1.165) is 48.2 Å². The minimum absolute atomic E-state index is 0.0868. The third-order valence-electron chi connectivity index (χ3n) is 4.53. The van der Waals surface area contributed by atoms with Crippen LogP contribution >= 0.6 is 0 Å². The first-order valence-electron chi connectivity index (χ1n) is 8.32. The molecule has 0 spiro atoms. The number of carbonyl (C=O) groups excluding carboxylic acids is 1. The minimum atomic E-state index is 0.0868. The lowest BCUT2D eigenvalue weighted by Crippen LogP contribution is -2.47. The monoisotopic (exact) mass is 315 g/mol. The van der Waals surface area contributed by atoms with Gasteiger partial charge in [0.25, 0.3) is 5.91 Å². The average Bonchev–Trinajstić information content (AvgIpc) is 2.97. The standard InChI is InChI=1S/C17H25N5O/c1-11(2)22-16-15(9-19-22)14(8-12(3)20-16)17(23)21-7-5-6-13(10-21)18-4/h8-9,11,13,18H,5-7,10H2,1-4H3. The van der Waals surface area contributed by atoms with Crippen LogP contribution in [-0.4, -0.2) is 51.8 Å². The summed E-state index contributed by atoms with van der Waals surface area (Å²) < 4.78 is 1.88. The molecule has 2 aromatic rings. The van der Waals surface area contributed by atoms with E-state index < -0.39 is 0 Å². The zero-order valence-corrected chi connectivity index (χ0v) is 14.3. The number of aryl methyl sites for hydroxylation is 1. The second kappa shape index (κ2) is 6.28. The van der Waals surface area contributed by atoms with E-state index in [9.17, 15) is 4.79 Å². The van der Waals surface area contributed by atoms with E-state index in [1.807, 2.05) is 29.6 Å². The zero-order chi connectivity index (χ0) is 16.6. The third kappa shape index (κ3) is 2.95. The molecular weight excluding hydrogens is 290 g/mol. The van der Waals surface area contributed by atoms with Crippen LogP contribution in [-0.2, 0) is 0 Å². The predicted octanol–water partition coefficient (Wildman–Crippen LogP) is 2.14. The highest BCUT2D eigenvalue weighted by molar-refractivity contribution is 6.05. The number of nitrogens with one attached hydrogen (secondary N) is 1. The van der Waals surface area contributed by atoms with Gasteiger partial charge in [0, 0.05) is 30.9 Å². The molecule has 1 amide bonds. The van der Waals surface area contributed by atoms with Gasteiger partial charge in [-0.25, -0.2) is 9.67 Å². The molecule has 2 aromatic heterocycles. The second-order valence-corrected chi connectivity index (χ2v) is 6.61. The molecule has 3 heterocycles. The van der Waals surface area contributed by atoms with Gasteiger partial charge in [-0.05, 0) is 46.7 Å². The number of pyridine rings is 1. The number of rotatable bonds is 3. The largest absolute Gasteiger partial charge is 0.337 e. The van der Waals surface area contributed by atoms with Crippen molar-refractivity contribution in [2.45, 2.75) is 45.7 Å². The molecule has 1 N–H and O–H groups in total. The number of likely N-dealkylation sites (tertiary alicyclic amines) is 1. The molecular formula is C17H25N5O. The van der Waals surface area contributed by atoms with Gasteiger partial charge in [0.1, 0.15) is 0 Å². The van der Waals surface area contributed by atoms with Crippen LogP contribution in [0.15, 0.2) is 12.3 Å². The van der Waals surface area contributed by atoms with Crippen LogP contribution in [0.5, 0.6) is 0 Å². The van der Waals surface area contributed by atoms with E-state index >= 15 is 0 Å². The van der Waals surface area contributed by atoms with Crippen molar-refractivity contribution in [3.05, 3.63) is 23.5 Å². The van der Waals surface area contributed by atoms with E-state index in [1.165, 1.54) is 0 Å². The molecule has 6 nitrogen and oxygen atoms in total. The lowest BCUT2D eigenvalue weighted by atomic mass is 10.0. The molecule has 1 aliphatic rings. The molecule has 1 aliphatic heterocycles. The lowest BCUT2D eigenvalue weighted by Gasteiger charge is -2.32. The molecule has 1 fully saturated rings. The van der Waals surface area contributed by atoms with E-state index in [2.05, 4.69) is 29.2 Å². The fourth-order valence-electron chi connectivity index (χ4n) is 3.27. The first-order chi connectivity index (χ1) is 11.0. The van der Waals surface area contributed by atoms with Gasteiger partial charge in [-0.15, -0.1) is 0 Å². The molecule has 0 aromatic carbocycles. The molecule has 0 aliphatic carbocycles. The van der Waals surface area contributed by atoms with Crippen LogP contribution in [0.1, 0.15) is 48.8 Å². The zero-order valence-electron chi connectivity index (χ0n) is 14.3. The summed E-state index contributed by atoms with van der Waals surface area (Å²) in [5.41, 5.74) is 2.37. The van der Waals surface area contributed by atoms with Crippen molar-refractivity contribution in [3.8, 4) is 0 Å². The molecule has 3 rings (SSSR count). The van der Waals surface area contributed by atoms with Gasteiger partial charge in [0.05, 0.1) is 17.1 Å². The van der Waals surface area contributed by atoms with Gasteiger partial charge in [-0.1, -0.05) is 0 Å². The summed E-state index contributed by atoms with van der Waals surface area (Å²) in [6, 6.07) is 2.48. The van der Waals surface area contributed by atoms with E-state index in [0.29, 0.717) is 6.04 Å². The average molecular weight is 315 g/mol. The van der Waals surface area contributed by atoms with E-state index in [1.54, 1.807) is 6.20 Å². The Bertz CT molecular complexity index is 721. The summed E-state index contributed by atoms with van der Waals surface area (Å²) in [4.78, 5) is 19.6. The third-order valence-corrected chi connectivity index (χ3v) is 4.53. The minimum Gasteiger partial charge on any atom is -0.337 e. The summed E-state index contributed by atoms with van der Waals surface area (Å²) >= 11 is 0. The topological polar surface area (TPSA) is 63.1 Å². The summed E-state index contributed by atoms with van der Waals surface area (Å²) in [5, 5.41) is 8.56. The van der Waals surface area contributed by atoms with Crippen molar-refractivity contribution in [3.63, 3.8) is 0 Å². The number of nitrogens with zero attached hydrogens (tertiary/aromatic N) is 4. The van der Waals surface area contributed by atoms with Crippen molar-refractivity contribution in [2.75, 3.05) is 20.1 Å². The molecule has 6 heteroatoms. The first kappa shape index (κ1) is 15.9. The Labute approximate surface area is 136 Å². The highest BCUT2D eigenvalue weighted by Gasteiger charge is 2.26. The number of piperidine rings is 1. The van der Waals surface area contributed by atoms with Gasteiger partial charge < -0.3 is 10.2 Å². The van der Waals surface area contributed by atoms with Crippen molar-refractivity contribution < 1.29 is 4.79 Å². The van der Waals surface area contributed by atoms with Crippen LogP contribution in [0.3, 0.4) is 0 Å². The lowest BCUT2D eigenvalue weighted by molar-refractivity contribution is 0.0700. The van der Waals surface area contributed by atoms with Crippen molar-refractivity contribution >= 4 is 16.9 Å². The fourth-order valence-corrected chi connectivity index (χ4v) is 3.27. The Hall–Kier alpha value is -1.95. The van der Waals surface area contributed by atoms with Gasteiger partial charge in [0.15, 0.2) is 5.65 Å². The maximum atomic E-state index is 13.0. The Morgan fingerprint density at radius 2 is 2.22 bits per heavy atom. The number of fused-ring (bicyclic) bond motifs is 1. The molecule has 0 saturated carbocycles. The van der Waals surface area contributed by atoms with Crippen molar-refractivity contribution in [1.82, 2.24) is 25.0 Å². The number of aromatic nitrogens is 3. The SMILES string of the molecule is CNC1CCCN(C(=O)c2cc(C)nc3c2cnn3C(C)C)C1. The fraction of sp³-hybridized carbons (Fsp3) is 0.588. The number of hydrogen-bond acceptors (Lipinski definition) is 4. The quantitative estimate of drug-likeness (QED) is 0.942. The van der Waals surface area contributed by atoms with E-state index in [4.69, 9.17) is 0 Å². The number of amides is 1. The molecule has 1 atom stereocenters. The molecule has 23 heavy (non-hydrogen) atoms. The Morgan fingerprint density at radius 1 is 1.43 bits per heavy atom. The molecule has 1 saturated heterocycles. The van der Waals surface area contributed by atoms with Crippen LogP contribution in [0.2, 0.25) is 0 Å². The molecule has 124 valence electrons. The molecule has 0 radical (unpaired) electrons. The van der Waals surface area contributed by atoms with Gasteiger partial charge in [-0.2, -0.15) is 5.10 Å². The number of hydrogen-bond donors (Lipinski definition) is 1. The van der Waals surface area contributed by atoms with Gasteiger partial charge in [-0.3, -0.25) is 4.79 Å². The van der Waals surface area contributed by atoms with Gasteiger partial charge >= 0.3 is 0 Å². The predicted molar refractivity (Wildman–Crippen MR) is 90.6 cm³/mol. The normalized spacial score (nSPS) is 18.8. The Kier molecular flexibility index (Phi) is 4.35. The van der Waals surface area contributed by atoms with Crippen LogP contribution in [0, 0.1) is 6.92 Å². The Balaban J connectivity index is 2.00. The maximum Gasteiger partial charge on any atom is 0.254 e. The van der Waals surface area contributed by atoms with Crippen LogP contribution < -0.4 is 5.32 Å². The van der Waals surface area contributed by atoms with Crippen molar-refractivity contribution in [2.24, 2.45) is 0 Å². The molecule has 0 bridgehead atoms. The summed E-state index contributed by atoms with van der Waals surface area (Å²) in [7, 11) is 1.96.